The third kappa shape index (κ3) is 8.82. The molecule has 0 N–H and O–H groups in total. The van der Waals surface area contributed by atoms with E-state index in [1.165, 1.54) is 0 Å². The van der Waals surface area contributed by atoms with Crippen molar-refractivity contribution >= 4 is 27.9 Å². The smallest absolute Gasteiger partial charge is 0.305 e. The summed E-state index contributed by atoms with van der Waals surface area (Å²) in [6, 6.07) is 7.90. The Morgan fingerprint density at radius 1 is 0.955 bits per heavy atom. The zero-order valence-electron chi connectivity index (χ0n) is 13.0. The molecule has 0 amide bonds. The molecule has 0 spiro atoms. The largest absolute Gasteiger partial charge is 0.466 e. The first-order valence-corrected chi connectivity index (χ1v) is 8.46. The van der Waals surface area contributed by atoms with Gasteiger partial charge in [0, 0.05) is 23.7 Å². The Hall–Kier alpha value is -1.36. The molecule has 22 heavy (non-hydrogen) atoms. The van der Waals surface area contributed by atoms with Crippen molar-refractivity contribution in [3.8, 4) is 0 Å². The molecule has 0 aliphatic carbocycles. The minimum Gasteiger partial charge on any atom is -0.466 e. The maximum absolute atomic E-state index is 11.5. The number of benzene rings is 1. The van der Waals surface area contributed by atoms with E-state index in [4.69, 9.17) is 9.47 Å². The first-order valence-electron chi connectivity index (χ1n) is 7.67. The van der Waals surface area contributed by atoms with E-state index in [9.17, 15) is 9.59 Å². The predicted octanol–water partition coefficient (Wildman–Crippen LogP) is 4.05. The number of esters is 2. The van der Waals surface area contributed by atoms with Gasteiger partial charge in [0.1, 0.15) is 0 Å². The molecule has 5 heteroatoms. The highest BCUT2D eigenvalue weighted by Gasteiger charge is 2.07. The van der Waals surface area contributed by atoms with Crippen molar-refractivity contribution < 1.29 is 19.1 Å². The Morgan fingerprint density at radius 3 is 2.14 bits per heavy atom. The summed E-state index contributed by atoms with van der Waals surface area (Å²) in [5, 5.41) is 0. The second-order valence-corrected chi connectivity index (χ2v) is 5.94. The third-order valence-corrected chi connectivity index (χ3v) is 3.62. The Bertz CT molecular complexity index is 456. The summed E-state index contributed by atoms with van der Waals surface area (Å²) in [6.45, 7) is 2.87. The molecule has 0 unspecified atom stereocenters. The van der Waals surface area contributed by atoms with E-state index in [2.05, 4.69) is 15.9 Å². The minimum absolute atomic E-state index is 0.240. The minimum atomic E-state index is -0.265. The number of unbranched alkanes of at least 4 members (excludes halogenated alkanes) is 1. The molecule has 0 saturated heterocycles. The average molecular weight is 371 g/mol. The molecule has 0 aromatic heterocycles. The van der Waals surface area contributed by atoms with Crippen LogP contribution in [-0.2, 0) is 25.5 Å². The molecule has 0 aliphatic rings. The van der Waals surface area contributed by atoms with E-state index < -0.39 is 0 Å². The van der Waals surface area contributed by atoms with Gasteiger partial charge < -0.3 is 9.47 Å². The summed E-state index contributed by atoms with van der Waals surface area (Å²) in [4.78, 5) is 22.9. The van der Waals surface area contributed by atoms with Gasteiger partial charge in [0.2, 0.25) is 0 Å². The molecule has 0 bridgehead atoms. The molecule has 0 aliphatic heterocycles. The fraction of sp³-hybridized carbons (Fsp3) is 0.529. The van der Waals surface area contributed by atoms with Crippen LogP contribution in [0.3, 0.4) is 0 Å². The topological polar surface area (TPSA) is 52.6 Å². The van der Waals surface area contributed by atoms with Gasteiger partial charge in [-0.2, -0.15) is 0 Å². The highest BCUT2D eigenvalue weighted by atomic mass is 79.9. The van der Waals surface area contributed by atoms with Gasteiger partial charge in [-0.1, -0.05) is 41.4 Å². The van der Waals surface area contributed by atoms with E-state index in [1.807, 2.05) is 31.2 Å². The number of carbonyl (C=O) groups is 2. The molecule has 0 heterocycles. The van der Waals surface area contributed by atoms with Crippen molar-refractivity contribution in [2.75, 3.05) is 13.2 Å². The van der Waals surface area contributed by atoms with E-state index in [0.717, 1.165) is 22.9 Å². The van der Waals surface area contributed by atoms with Gasteiger partial charge in [-0.15, -0.1) is 0 Å². The maximum Gasteiger partial charge on any atom is 0.305 e. The molecule has 1 rings (SSSR count). The zero-order chi connectivity index (χ0) is 16.2. The van der Waals surface area contributed by atoms with Crippen molar-refractivity contribution in [1.82, 2.24) is 0 Å². The van der Waals surface area contributed by atoms with Crippen LogP contribution in [0, 0.1) is 0 Å². The molecule has 0 saturated carbocycles. The van der Waals surface area contributed by atoms with Crippen LogP contribution in [0.5, 0.6) is 0 Å². The van der Waals surface area contributed by atoms with Gasteiger partial charge in [0.15, 0.2) is 0 Å². The normalized spacial score (nSPS) is 10.3. The van der Waals surface area contributed by atoms with Crippen molar-refractivity contribution in [3.63, 3.8) is 0 Å². The molecular weight excluding hydrogens is 348 g/mol. The van der Waals surface area contributed by atoms with Gasteiger partial charge >= 0.3 is 11.9 Å². The van der Waals surface area contributed by atoms with Crippen LogP contribution in [0.25, 0.3) is 0 Å². The van der Waals surface area contributed by atoms with Gasteiger partial charge in [0.25, 0.3) is 0 Å². The number of ether oxygens (including phenoxy) is 2. The van der Waals surface area contributed by atoms with Crippen molar-refractivity contribution in [2.24, 2.45) is 0 Å². The fourth-order valence-corrected chi connectivity index (χ4v) is 2.05. The lowest BCUT2D eigenvalue weighted by molar-refractivity contribution is -0.145. The Kier molecular flexibility index (Phi) is 9.55. The highest BCUT2D eigenvalue weighted by molar-refractivity contribution is 9.10. The summed E-state index contributed by atoms with van der Waals surface area (Å²) in [6.07, 6.45) is 3.57. The molecule has 1 aromatic rings. The average Bonchev–Trinajstić information content (AvgIpc) is 2.49. The molecule has 0 atom stereocenters. The fourth-order valence-electron chi connectivity index (χ4n) is 1.79. The highest BCUT2D eigenvalue weighted by Crippen LogP contribution is 2.11. The summed E-state index contributed by atoms with van der Waals surface area (Å²) >= 11 is 3.37. The van der Waals surface area contributed by atoms with Crippen LogP contribution in [0.15, 0.2) is 28.7 Å². The number of halogens is 1. The number of rotatable bonds is 10. The van der Waals surface area contributed by atoms with E-state index >= 15 is 0 Å². The van der Waals surface area contributed by atoms with E-state index in [1.54, 1.807) is 0 Å². The predicted molar refractivity (Wildman–Crippen MR) is 88.5 cm³/mol. The van der Waals surface area contributed by atoms with Crippen LogP contribution in [0.1, 0.15) is 44.6 Å². The molecular formula is C17H23BrO4. The van der Waals surface area contributed by atoms with Gasteiger partial charge in [0.05, 0.1) is 13.2 Å². The Morgan fingerprint density at radius 2 is 1.55 bits per heavy atom. The number of hydrogen-bond donors (Lipinski definition) is 0. The quantitative estimate of drug-likeness (QED) is 0.460. The zero-order valence-corrected chi connectivity index (χ0v) is 14.6. The lowest BCUT2D eigenvalue weighted by Gasteiger charge is -2.06. The van der Waals surface area contributed by atoms with Crippen LogP contribution in [0.4, 0.5) is 0 Å². The third-order valence-electron chi connectivity index (χ3n) is 3.09. The van der Waals surface area contributed by atoms with Crippen molar-refractivity contribution in [3.05, 3.63) is 34.3 Å². The first-order chi connectivity index (χ1) is 10.6. The molecule has 4 nitrogen and oxygen atoms in total. The molecule has 0 fully saturated rings. The standard InChI is InChI=1S/C17H23BrO4/c1-2-3-12-21-16(19)5-4-6-17(20)22-13-11-14-7-9-15(18)10-8-14/h7-10H,2-6,11-13H2,1H3. The van der Waals surface area contributed by atoms with E-state index in [0.29, 0.717) is 26.1 Å². The van der Waals surface area contributed by atoms with Gasteiger partial charge in [-0.3, -0.25) is 9.59 Å². The second-order valence-electron chi connectivity index (χ2n) is 5.02. The number of hydrogen-bond acceptors (Lipinski definition) is 4. The summed E-state index contributed by atoms with van der Waals surface area (Å²) in [5.41, 5.74) is 1.12. The van der Waals surface area contributed by atoms with Gasteiger partial charge in [-0.05, 0) is 30.5 Å². The van der Waals surface area contributed by atoms with Crippen molar-refractivity contribution in [2.45, 2.75) is 45.4 Å². The van der Waals surface area contributed by atoms with E-state index in [-0.39, 0.29) is 24.8 Å². The summed E-state index contributed by atoms with van der Waals surface area (Å²) in [7, 11) is 0. The Labute approximate surface area is 140 Å². The monoisotopic (exact) mass is 370 g/mol. The second kappa shape index (κ2) is 11.2. The van der Waals surface area contributed by atoms with Crippen LogP contribution in [0.2, 0.25) is 0 Å². The summed E-state index contributed by atoms with van der Waals surface area (Å²) in [5.74, 6) is -0.505. The lowest BCUT2D eigenvalue weighted by atomic mass is 10.2. The SMILES string of the molecule is CCCCOC(=O)CCCC(=O)OCCc1ccc(Br)cc1. The van der Waals surface area contributed by atoms with Crippen LogP contribution >= 0.6 is 15.9 Å². The maximum atomic E-state index is 11.5. The van der Waals surface area contributed by atoms with Crippen molar-refractivity contribution in [1.29, 1.82) is 0 Å². The molecule has 0 radical (unpaired) electrons. The molecule has 1 aromatic carbocycles. The first kappa shape index (κ1) is 18.7. The van der Waals surface area contributed by atoms with Crippen LogP contribution in [-0.4, -0.2) is 25.2 Å². The van der Waals surface area contributed by atoms with Crippen LogP contribution < -0.4 is 0 Å². The summed E-state index contributed by atoms with van der Waals surface area (Å²) < 4.78 is 11.2. The van der Waals surface area contributed by atoms with Gasteiger partial charge in [-0.25, -0.2) is 0 Å². The Balaban J connectivity index is 2.06. The molecule has 122 valence electrons. The lowest BCUT2D eigenvalue weighted by Crippen LogP contribution is -2.10. The number of carbonyl (C=O) groups excluding carboxylic acids is 2.